The minimum Gasteiger partial charge on any atom is -0.464 e. The Balaban J connectivity index is 1.62. The lowest BCUT2D eigenvalue weighted by molar-refractivity contribution is -0.0191. The van der Waals surface area contributed by atoms with Gasteiger partial charge in [-0.05, 0) is 55.8 Å². The summed E-state index contributed by atoms with van der Waals surface area (Å²) in [6.07, 6.45) is 0.409. The van der Waals surface area contributed by atoms with Crippen LogP contribution in [-0.4, -0.2) is 10.7 Å². The van der Waals surface area contributed by atoms with Crippen LogP contribution >= 0.6 is 15.9 Å². The zero-order chi connectivity index (χ0) is 20.1. The SMILES string of the molecule is Cc1ccc(C)c(C2=NN3[C@@H](c4ccc(F)cc4)Oc4ccc(Br)cc4[C@@H]3C2)c1. The van der Waals surface area contributed by atoms with Crippen molar-refractivity contribution in [2.24, 2.45) is 5.10 Å². The van der Waals surface area contributed by atoms with Crippen molar-refractivity contribution in [3.05, 3.63) is 98.8 Å². The van der Waals surface area contributed by atoms with Gasteiger partial charge in [0.25, 0.3) is 0 Å². The molecule has 2 atom stereocenters. The first-order chi connectivity index (χ1) is 14.0. The van der Waals surface area contributed by atoms with Crippen LogP contribution in [0, 0.1) is 19.7 Å². The van der Waals surface area contributed by atoms with Crippen molar-refractivity contribution in [2.45, 2.75) is 32.5 Å². The van der Waals surface area contributed by atoms with Gasteiger partial charge in [0.15, 0.2) is 0 Å². The number of fused-ring (bicyclic) bond motifs is 3. The van der Waals surface area contributed by atoms with Crippen molar-refractivity contribution in [3.8, 4) is 5.75 Å². The monoisotopic (exact) mass is 450 g/mol. The van der Waals surface area contributed by atoms with E-state index < -0.39 is 6.23 Å². The van der Waals surface area contributed by atoms with Gasteiger partial charge < -0.3 is 4.74 Å². The Labute approximate surface area is 177 Å². The minimum absolute atomic E-state index is 0.0706. The highest BCUT2D eigenvalue weighted by atomic mass is 79.9. The van der Waals surface area contributed by atoms with E-state index >= 15 is 0 Å². The second-order valence-electron chi connectivity index (χ2n) is 7.67. The molecule has 0 aromatic heterocycles. The molecule has 0 aliphatic carbocycles. The van der Waals surface area contributed by atoms with Gasteiger partial charge in [0.2, 0.25) is 6.23 Å². The smallest absolute Gasteiger partial charge is 0.213 e. The summed E-state index contributed by atoms with van der Waals surface area (Å²) in [5, 5.41) is 7.03. The van der Waals surface area contributed by atoms with Crippen LogP contribution in [0.2, 0.25) is 0 Å². The summed E-state index contributed by atoms with van der Waals surface area (Å²) in [5.41, 5.74) is 6.65. The zero-order valence-electron chi connectivity index (χ0n) is 16.2. The van der Waals surface area contributed by atoms with Gasteiger partial charge in [-0.1, -0.05) is 45.8 Å². The van der Waals surface area contributed by atoms with Gasteiger partial charge in [0, 0.05) is 27.6 Å². The molecule has 29 heavy (non-hydrogen) atoms. The molecule has 0 saturated heterocycles. The average Bonchev–Trinajstić information content (AvgIpc) is 3.15. The third kappa shape index (κ3) is 3.23. The molecular weight excluding hydrogens is 431 g/mol. The van der Waals surface area contributed by atoms with Crippen LogP contribution in [0.1, 0.15) is 46.5 Å². The maximum atomic E-state index is 13.5. The van der Waals surface area contributed by atoms with E-state index in [1.807, 2.05) is 17.1 Å². The number of nitrogens with zero attached hydrogens (tertiary/aromatic N) is 2. The molecule has 3 nitrogen and oxygen atoms in total. The van der Waals surface area contributed by atoms with Crippen LogP contribution in [0.15, 0.2) is 70.2 Å². The first-order valence-corrected chi connectivity index (χ1v) is 10.4. The molecule has 0 radical (unpaired) electrons. The van der Waals surface area contributed by atoms with Crippen LogP contribution in [-0.2, 0) is 0 Å². The van der Waals surface area contributed by atoms with Crippen molar-refractivity contribution in [1.29, 1.82) is 0 Å². The number of halogens is 2. The second kappa shape index (κ2) is 6.99. The fraction of sp³-hybridized carbons (Fsp3) is 0.208. The van der Waals surface area contributed by atoms with Crippen molar-refractivity contribution in [1.82, 2.24) is 5.01 Å². The third-order valence-corrected chi connectivity index (χ3v) is 6.10. The number of aryl methyl sites for hydroxylation is 2. The van der Waals surface area contributed by atoms with Gasteiger partial charge in [-0.3, -0.25) is 0 Å². The Morgan fingerprint density at radius 1 is 1.03 bits per heavy atom. The molecule has 3 aromatic carbocycles. The lowest BCUT2D eigenvalue weighted by Gasteiger charge is -2.38. The quantitative estimate of drug-likeness (QED) is 0.448. The number of hydrazone groups is 1. The van der Waals surface area contributed by atoms with Gasteiger partial charge in [0.1, 0.15) is 11.6 Å². The summed E-state index contributed by atoms with van der Waals surface area (Å²) < 4.78 is 20.8. The predicted molar refractivity (Wildman–Crippen MR) is 116 cm³/mol. The van der Waals surface area contributed by atoms with E-state index in [4.69, 9.17) is 9.84 Å². The normalized spacial score (nSPS) is 20.0. The highest BCUT2D eigenvalue weighted by molar-refractivity contribution is 9.10. The highest BCUT2D eigenvalue weighted by Gasteiger charge is 2.41. The summed E-state index contributed by atoms with van der Waals surface area (Å²) in [6.45, 7) is 4.22. The average molecular weight is 451 g/mol. The van der Waals surface area contributed by atoms with E-state index in [2.05, 4.69) is 54.0 Å². The molecule has 2 aliphatic rings. The van der Waals surface area contributed by atoms with Crippen molar-refractivity contribution >= 4 is 21.6 Å². The maximum Gasteiger partial charge on any atom is 0.213 e. The molecule has 3 aromatic rings. The summed E-state index contributed by atoms with van der Waals surface area (Å²) in [6, 6.07) is 19.1. The Hall–Kier alpha value is -2.66. The topological polar surface area (TPSA) is 24.8 Å². The van der Waals surface area contributed by atoms with E-state index in [1.165, 1.54) is 28.8 Å². The number of hydrogen-bond acceptors (Lipinski definition) is 3. The predicted octanol–water partition coefficient (Wildman–Crippen LogP) is 6.45. The van der Waals surface area contributed by atoms with Gasteiger partial charge in [-0.15, -0.1) is 0 Å². The van der Waals surface area contributed by atoms with Crippen LogP contribution < -0.4 is 4.74 Å². The van der Waals surface area contributed by atoms with Crippen LogP contribution in [0.3, 0.4) is 0 Å². The Morgan fingerprint density at radius 2 is 1.83 bits per heavy atom. The molecule has 0 bridgehead atoms. The van der Waals surface area contributed by atoms with E-state index in [0.29, 0.717) is 0 Å². The molecule has 0 fully saturated rings. The summed E-state index contributed by atoms with van der Waals surface area (Å²) >= 11 is 3.58. The molecule has 5 heteroatoms. The molecule has 146 valence electrons. The molecule has 2 aliphatic heterocycles. The molecule has 0 spiro atoms. The third-order valence-electron chi connectivity index (χ3n) is 5.61. The first-order valence-electron chi connectivity index (χ1n) is 9.64. The summed E-state index contributed by atoms with van der Waals surface area (Å²) in [5.74, 6) is 0.590. The van der Waals surface area contributed by atoms with Crippen molar-refractivity contribution in [2.75, 3.05) is 0 Å². The lowest BCUT2D eigenvalue weighted by Crippen LogP contribution is -2.33. The van der Waals surface area contributed by atoms with Gasteiger partial charge >= 0.3 is 0 Å². The first kappa shape index (κ1) is 18.4. The standard InChI is InChI=1S/C24H20BrFN2O/c1-14-3-4-15(2)19(11-14)21-13-22-20-12-17(25)7-10-23(20)29-24(28(22)27-21)16-5-8-18(26)9-6-16/h3-12,22,24H,13H2,1-2H3/t22-,24+/m0/s1. The maximum absolute atomic E-state index is 13.5. The number of ether oxygens (including phenoxy) is 1. The Bertz CT molecular complexity index is 1130. The van der Waals surface area contributed by atoms with Gasteiger partial charge in [-0.25, -0.2) is 9.40 Å². The molecule has 0 saturated carbocycles. The van der Waals surface area contributed by atoms with Gasteiger partial charge in [0.05, 0.1) is 11.8 Å². The zero-order valence-corrected chi connectivity index (χ0v) is 17.8. The molecule has 0 amide bonds. The number of rotatable bonds is 2. The summed E-state index contributed by atoms with van der Waals surface area (Å²) in [4.78, 5) is 0. The largest absolute Gasteiger partial charge is 0.464 e. The van der Waals surface area contributed by atoms with Crippen LogP contribution in [0.4, 0.5) is 4.39 Å². The molecule has 0 unspecified atom stereocenters. The lowest BCUT2D eigenvalue weighted by atomic mass is 9.93. The molecular formula is C24H20BrFN2O. The minimum atomic E-state index is -0.392. The second-order valence-corrected chi connectivity index (χ2v) is 8.58. The van der Waals surface area contributed by atoms with Crippen molar-refractivity contribution < 1.29 is 9.13 Å². The van der Waals surface area contributed by atoms with Crippen LogP contribution in [0.25, 0.3) is 0 Å². The van der Waals surface area contributed by atoms with Crippen molar-refractivity contribution in [3.63, 3.8) is 0 Å². The van der Waals surface area contributed by atoms with Crippen LogP contribution in [0.5, 0.6) is 5.75 Å². The highest BCUT2D eigenvalue weighted by Crippen LogP contribution is 2.48. The van der Waals surface area contributed by atoms with Gasteiger partial charge in [-0.2, -0.15) is 5.10 Å². The molecule has 5 rings (SSSR count). The van der Waals surface area contributed by atoms with E-state index in [0.717, 1.165) is 33.5 Å². The summed E-state index contributed by atoms with van der Waals surface area (Å²) in [7, 11) is 0. The fourth-order valence-corrected chi connectivity index (χ4v) is 4.49. The number of hydrogen-bond donors (Lipinski definition) is 0. The van der Waals surface area contributed by atoms with E-state index in [1.54, 1.807) is 12.1 Å². The molecule has 2 heterocycles. The fourth-order valence-electron chi connectivity index (χ4n) is 4.11. The Morgan fingerprint density at radius 3 is 2.62 bits per heavy atom. The molecule has 0 N–H and O–H groups in total. The Kier molecular flexibility index (Phi) is 4.43. The number of benzene rings is 3. The van der Waals surface area contributed by atoms with E-state index in [-0.39, 0.29) is 11.9 Å². The van der Waals surface area contributed by atoms with E-state index in [9.17, 15) is 4.39 Å².